The van der Waals surface area contributed by atoms with E-state index in [0.29, 0.717) is 5.69 Å². The van der Waals surface area contributed by atoms with Crippen LogP contribution >= 0.6 is 23.1 Å². The molecule has 2 fully saturated rings. The van der Waals surface area contributed by atoms with E-state index in [-0.39, 0.29) is 18.2 Å². The maximum absolute atomic E-state index is 13.0. The minimum atomic E-state index is -0.412. The highest BCUT2D eigenvalue weighted by atomic mass is 32.2. The minimum absolute atomic E-state index is 0.140. The fourth-order valence-electron chi connectivity index (χ4n) is 3.96. The van der Waals surface area contributed by atoms with E-state index >= 15 is 0 Å². The van der Waals surface area contributed by atoms with Crippen LogP contribution in [0.4, 0.5) is 11.4 Å². The molecule has 0 aliphatic carbocycles. The van der Waals surface area contributed by atoms with Crippen LogP contribution in [0, 0.1) is 0 Å². The number of imide groups is 1. The number of amides is 2. The van der Waals surface area contributed by atoms with Crippen molar-refractivity contribution in [3.63, 3.8) is 0 Å². The van der Waals surface area contributed by atoms with Crippen LogP contribution in [0.15, 0.2) is 52.9 Å². The van der Waals surface area contributed by atoms with Gasteiger partial charge in [-0.05, 0) is 55.7 Å². The summed E-state index contributed by atoms with van der Waals surface area (Å²) >= 11 is 2.97. The molecular weight excluding hydrogens is 402 g/mol. The van der Waals surface area contributed by atoms with Gasteiger partial charge in [-0.2, -0.15) is 0 Å². The second-order valence-corrected chi connectivity index (χ2v) is 9.87. The number of thiazole rings is 1. The van der Waals surface area contributed by atoms with Crippen molar-refractivity contribution < 1.29 is 9.59 Å². The predicted octanol–water partition coefficient (Wildman–Crippen LogP) is 4.71. The number of aromatic nitrogens is 1. The van der Waals surface area contributed by atoms with E-state index < -0.39 is 5.25 Å². The summed E-state index contributed by atoms with van der Waals surface area (Å²) in [6.07, 6.45) is 3.94. The van der Waals surface area contributed by atoms with Crippen molar-refractivity contribution >= 4 is 56.5 Å². The molecule has 2 saturated heterocycles. The summed E-state index contributed by atoms with van der Waals surface area (Å²) in [6, 6.07) is 15.8. The van der Waals surface area contributed by atoms with Gasteiger partial charge in [0.2, 0.25) is 11.8 Å². The van der Waals surface area contributed by atoms with Gasteiger partial charge in [-0.25, -0.2) is 9.88 Å². The number of benzene rings is 2. The molecule has 2 amide bonds. The molecule has 0 saturated carbocycles. The number of carbonyl (C=O) groups is 2. The van der Waals surface area contributed by atoms with Crippen LogP contribution in [0.5, 0.6) is 0 Å². The van der Waals surface area contributed by atoms with Crippen molar-refractivity contribution in [3.05, 3.63) is 48.5 Å². The summed E-state index contributed by atoms with van der Waals surface area (Å²) in [6.45, 7) is 2.14. The molecule has 5 rings (SSSR count). The number of hydrogen-bond donors (Lipinski definition) is 0. The molecule has 1 atom stereocenters. The normalized spacial score (nSPS) is 20.1. The number of carbonyl (C=O) groups excluding carboxylic acids is 2. The first-order chi connectivity index (χ1) is 14.2. The molecule has 3 heterocycles. The Morgan fingerprint density at radius 3 is 2.41 bits per heavy atom. The molecule has 5 nitrogen and oxygen atoms in total. The fourth-order valence-corrected chi connectivity index (χ4v) is 6.29. The summed E-state index contributed by atoms with van der Waals surface area (Å²) in [4.78, 5) is 33.9. The first-order valence-corrected chi connectivity index (χ1v) is 11.6. The molecule has 0 unspecified atom stereocenters. The summed E-state index contributed by atoms with van der Waals surface area (Å²) in [7, 11) is 0. The van der Waals surface area contributed by atoms with E-state index in [0.717, 1.165) is 33.3 Å². The second-order valence-electron chi connectivity index (χ2n) is 7.39. The SMILES string of the molecule is O=C1C[C@@H](Sc2nc3ccccc3s2)C(=O)N1c1ccc(N2CCCCC2)cc1. The van der Waals surface area contributed by atoms with Crippen molar-refractivity contribution in [1.82, 2.24) is 4.98 Å². The van der Waals surface area contributed by atoms with Crippen LogP contribution in [0.2, 0.25) is 0 Å². The quantitative estimate of drug-likeness (QED) is 0.569. The lowest BCUT2D eigenvalue weighted by Gasteiger charge is -2.29. The Bertz CT molecular complexity index is 1020. The first kappa shape index (κ1) is 18.6. The summed E-state index contributed by atoms with van der Waals surface area (Å²) in [5.41, 5.74) is 2.75. The van der Waals surface area contributed by atoms with Gasteiger partial charge < -0.3 is 4.90 Å². The highest BCUT2D eigenvalue weighted by Crippen LogP contribution is 2.37. The average molecular weight is 424 g/mol. The summed E-state index contributed by atoms with van der Waals surface area (Å²) in [5, 5.41) is -0.412. The van der Waals surface area contributed by atoms with Gasteiger partial charge in [0.05, 0.1) is 15.9 Å². The minimum Gasteiger partial charge on any atom is -0.372 e. The highest BCUT2D eigenvalue weighted by Gasteiger charge is 2.40. The lowest BCUT2D eigenvalue weighted by atomic mass is 10.1. The zero-order valence-electron chi connectivity index (χ0n) is 15.9. The van der Waals surface area contributed by atoms with E-state index in [4.69, 9.17) is 0 Å². The third kappa shape index (κ3) is 3.65. The Labute approximate surface area is 177 Å². The summed E-state index contributed by atoms with van der Waals surface area (Å²) < 4.78 is 1.93. The number of fused-ring (bicyclic) bond motifs is 1. The van der Waals surface area contributed by atoms with Crippen molar-refractivity contribution in [2.45, 2.75) is 35.3 Å². The molecule has 0 bridgehead atoms. The molecule has 7 heteroatoms. The molecule has 2 aliphatic rings. The van der Waals surface area contributed by atoms with Gasteiger partial charge in [-0.1, -0.05) is 23.9 Å². The number of piperidine rings is 1. The Morgan fingerprint density at radius 1 is 0.931 bits per heavy atom. The number of anilines is 2. The number of nitrogens with zero attached hydrogens (tertiary/aromatic N) is 3. The van der Waals surface area contributed by atoms with Gasteiger partial charge in [0.15, 0.2) is 4.34 Å². The maximum Gasteiger partial charge on any atom is 0.247 e. The Kier molecular flexibility index (Phi) is 5.01. The molecular formula is C22H21N3O2S2. The standard InChI is InChI=1S/C22H21N3O2S2/c26-20-14-19(29-22-23-17-6-2-3-7-18(17)28-22)21(27)25(20)16-10-8-15(9-11-16)24-12-4-1-5-13-24/h2-3,6-11,19H,1,4-5,12-14H2/t19-/m1/s1. The van der Waals surface area contributed by atoms with Crippen LogP contribution < -0.4 is 9.80 Å². The van der Waals surface area contributed by atoms with Gasteiger partial charge in [-0.3, -0.25) is 9.59 Å². The second kappa shape index (κ2) is 7.80. The highest BCUT2D eigenvalue weighted by molar-refractivity contribution is 8.02. The average Bonchev–Trinajstić information content (AvgIpc) is 3.28. The molecule has 1 aromatic heterocycles. The largest absolute Gasteiger partial charge is 0.372 e. The van der Waals surface area contributed by atoms with Crippen molar-refractivity contribution in [2.24, 2.45) is 0 Å². The number of hydrogen-bond acceptors (Lipinski definition) is 6. The molecule has 2 aromatic carbocycles. The zero-order chi connectivity index (χ0) is 19.8. The summed E-state index contributed by atoms with van der Waals surface area (Å²) in [5.74, 6) is -0.288. The lowest BCUT2D eigenvalue weighted by molar-refractivity contribution is -0.121. The third-order valence-corrected chi connectivity index (χ3v) is 7.77. The molecule has 0 spiro atoms. The van der Waals surface area contributed by atoms with Crippen LogP contribution in [0.3, 0.4) is 0 Å². The topological polar surface area (TPSA) is 53.5 Å². The Balaban J connectivity index is 1.32. The lowest BCUT2D eigenvalue weighted by Crippen LogP contribution is -2.31. The van der Waals surface area contributed by atoms with Crippen LogP contribution in [-0.2, 0) is 9.59 Å². The van der Waals surface area contributed by atoms with Gasteiger partial charge in [0.25, 0.3) is 0 Å². The Morgan fingerprint density at radius 2 is 1.66 bits per heavy atom. The Hall–Kier alpha value is -2.38. The van der Waals surface area contributed by atoms with Crippen molar-refractivity contribution in [1.29, 1.82) is 0 Å². The molecule has 29 heavy (non-hydrogen) atoms. The number of rotatable bonds is 4. The van der Waals surface area contributed by atoms with Gasteiger partial charge in [0.1, 0.15) is 5.25 Å². The van der Waals surface area contributed by atoms with E-state index in [2.05, 4.69) is 9.88 Å². The van der Waals surface area contributed by atoms with E-state index in [1.54, 1.807) is 11.3 Å². The van der Waals surface area contributed by atoms with Crippen molar-refractivity contribution in [2.75, 3.05) is 22.9 Å². The number of para-hydroxylation sites is 1. The van der Waals surface area contributed by atoms with Gasteiger partial charge in [0, 0.05) is 25.2 Å². The third-order valence-electron chi connectivity index (χ3n) is 5.45. The monoisotopic (exact) mass is 423 g/mol. The van der Waals surface area contributed by atoms with E-state index in [1.807, 2.05) is 48.5 Å². The maximum atomic E-state index is 13.0. The zero-order valence-corrected chi connectivity index (χ0v) is 17.5. The smallest absolute Gasteiger partial charge is 0.247 e. The van der Waals surface area contributed by atoms with E-state index in [9.17, 15) is 9.59 Å². The fraction of sp³-hybridized carbons (Fsp3) is 0.318. The van der Waals surface area contributed by atoms with Gasteiger partial charge in [-0.15, -0.1) is 11.3 Å². The predicted molar refractivity (Wildman–Crippen MR) is 119 cm³/mol. The van der Waals surface area contributed by atoms with Crippen LogP contribution in [-0.4, -0.2) is 35.1 Å². The van der Waals surface area contributed by atoms with E-state index in [1.165, 1.54) is 35.9 Å². The molecule has 3 aromatic rings. The molecule has 0 radical (unpaired) electrons. The first-order valence-electron chi connectivity index (χ1n) is 9.93. The molecule has 148 valence electrons. The van der Waals surface area contributed by atoms with Gasteiger partial charge >= 0.3 is 0 Å². The molecule has 0 N–H and O–H groups in total. The number of thioether (sulfide) groups is 1. The van der Waals surface area contributed by atoms with Crippen LogP contribution in [0.1, 0.15) is 25.7 Å². The van der Waals surface area contributed by atoms with Crippen LogP contribution in [0.25, 0.3) is 10.2 Å². The van der Waals surface area contributed by atoms with Crippen molar-refractivity contribution in [3.8, 4) is 0 Å². The molecule has 2 aliphatic heterocycles.